The summed E-state index contributed by atoms with van der Waals surface area (Å²) in [6.45, 7) is 3.36. The Labute approximate surface area is 151 Å². The molecular weight excluding hydrogens is 391 g/mol. The molecule has 0 saturated heterocycles. The molecule has 1 aromatic rings. The first-order chi connectivity index (χ1) is 10.2. The molecule has 0 radical (unpaired) electrons. The van der Waals surface area contributed by atoms with Crippen molar-refractivity contribution in [3.63, 3.8) is 0 Å². The molecule has 0 atom stereocenters. The van der Waals surface area contributed by atoms with Crippen molar-refractivity contribution in [3.8, 4) is 0 Å². The zero-order valence-electron chi connectivity index (χ0n) is 14.1. The molecule has 22 heavy (non-hydrogen) atoms. The van der Waals surface area contributed by atoms with E-state index in [1.54, 1.807) is 14.2 Å². The monoisotopic (exact) mass is 420 g/mol. The van der Waals surface area contributed by atoms with Gasteiger partial charge >= 0.3 is 0 Å². The predicted octanol–water partition coefficient (Wildman–Crippen LogP) is 2.07. The lowest BCUT2D eigenvalue weighted by atomic mass is 10.1. The summed E-state index contributed by atoms with van der Waals surface area (Å²) < 4.78 is 5.02. The van der Waals surface area contributed by atoms with Gasteiger partial charge in [-0.25, -0.2) is 0 Å². The van der Waals surface area contributed by atoms with Crippen molar-refractivity contribution < 1.29 is 4.74 Å². The Morgan fingerprint density at radius 3 is 2.32 bits per heavy atom. The Hall–Kier alpha value is -0.860. The van der Waals surface area contributed by atoms with Gasteiger partial charge in [0.15, 0.2) is 5.96 Å². The normalized spacial score (nSPS) is 11.2. The molecule has 0 unspecified atom stereocenters. The number of methoxy groups -OCH3 is 1. The molecule has 0 saturated carbocycles. The summed E-state index contributed by atoms with van der Waals surface area (Å²) in [7, 11) is 7.66. The maximum atomic E-state index is 5.02. The molecule has 0 heterocycles. The summed E-state index contributed by atoms with van der Waals surface area (Å²) in [6, 6.07) is 8.66. The van der Waals surface area contributed by atoms with Crippen molar-refractivity contribution in [1.29, 1.82) is 0 Å². The molecule has 2 N–H and O–H groups in total. The summed E-state index contributed by atoms with van der Waals surface area (Å²) >= 11 is 0. The third-order valence-corrected chi connectivity index (χ3v) is 3.02. The van der Waals surface area contributed by atoms with Crippen molar-refractivity contribution in [2.24, 2.45) is 4.99 Å². The number of rotatable bonds is 8. The minimum absolute atomic E-state index is 0. The summed E-state index contributed by atoms with van der Waals surface area (Å²) in [4.78, 5) is 6.37. The Morgan fingerprint density at radius 1 is 1.14 bits per heavy atom. The number of aliphatic imine (C=N–C) groups is 1. The van der Waals surface area contributed by atoms with Crippen molar-refractivity contribution >= 4 is 29.9 Å². The number of ether oxygens (including phenoxy) is 1. The number of hydrogen-bond acceptors (Lipinski definition) is 3. The van der Waals surface area contributed by atoms with E-state index in [2.05, 4.69) is 58.9 Å². The molecule has 0 spiro atoms. The van der Waals surface area contributed by atoms with Gasteiger partial charge in [-0.3, -0.25) is 4.99 Å². The second-order valence-corrected chi connectivity index (χ2v) is 5.25. The smallest absolute Gasteiger partial charge is 0.191 e. The van der Waals surface area contributed by atoms with E-state index in [0.717, 1.165) is 38.6 Å². The van der Waals surface area contributed by atoms with Gasteiger partial charge in [-0.05, 0) is 31.6 Å². The maximum absolute atomic E-state index is 5.02. The highest BCUT2D eigenvalue weighted by molar-refractivity contribution is 14.0. The highest BCUT2D eigenvalue weighted by Gasteiger charge is 1.99. The Balaban J connectivity index is 0.00000441. The number of guanidine groups is 1. The zero-order valence-corrected chi connectivity index (χ0v) is 16.4. The number of nitrogens with one attached hydrogen (secondary N) is 2. The van der Waals surface area contributed by atoms with E-state index in [9.17, 15) is 0 Å². The molecular formula is C16H29IN4O. The zero-order chi connectivity index (χ0) is 15.5. The third-order valence-electron chi connectivity index (χ3n) is 3.02. The van der Waals surface area contributed by atoms with E-state index in [0.29, 0.717) is 0 Å². The molecule has 0 fully saturated rings. The van der Waals surface area contributed by atoms with E-state index < -0.39 is 0 Å². The van der Waals surface area contributed by atoms with Gasteiger partial charge in [0, 0.05) is 40.4 Å². The van der Waals surface area contributed by atoms with Gasteiger partial charge in [0.25, 0.3) is 0 Å². The first-order valence-corrected chi connectivity index (χ1v) is 7.31. The molecule has 6 heteroatoms. The minimum Gasteiger partial charge on any atom is -0.385 e. The molecule has 5 nitrogen and oxygen atoms in total. The average molecular weight is 420 g/mol. The van der Waals surface area contributed by atoms with Gasteiger partial charge in [-0.2, -0.15) is 0 Å². The molecule has 0 amide bonds. The topological polar surface area (TPSA) is 48.9 Å². The van der Waals surface area contributed by atoms with Crippen LogP contribution < -0.4 is 10.6 Å². The number of benzene rings is 1. The molecule has 0 bridgehead atoms. The summed E-state index contributed by atoms with van der Waals surface area (Å²) in [6.07, 6.45) is 0.969. The van der Waals surface area contributed by atoms with Crippen LogP contribution in [0.4, 0.5) is 0 Å². The predicted molar refractivity (Wildman–Crippen MR) is 104 cm³/mol. The average Bonchev–Trinajstić information content (AvgIpc) is 2.47. The number of nitrogens with zero attached hydrogens (tertiary/aromatic N) is 2. The lowest BCUT2D eigenvalue weighted by molar-refractivity contribution is 0.195. The fourth-order valence-corrected chi connectivity index (χ4v) is 1.96. The van der Waals surface area contributed by atoms with Crippen LogP contribution in [0.15, 0.2) is 29.3 Å². The highest BCUT2D eigenvalue weighted by atomic mass is 127. The van der Waals surface area contributed by atoms with Crippen LogP contribution >= 0.6 is 24.0 Å². The summed E-state index contributed by atoms with van der Waals surface area (Å²) in [5.41, 5.74) is 2.57. The van der Waals surface area contributed by atoms with Gasteiger partial charge in [0.1, 0.15) is 0 Å². The van der Waals surface area contributed by atoms with Crippen LogP contribution in [0.5, 0.6) is 0 Å². The fraction of sp³-hybridized carbons (Fsp3) is 0.562. The Morgan fingerprint density at radius 2 is 1.77 bits per heavy atom. The first kappa shape index (κ1) is 21.1. The standard InChI is InChI=1S/C16H28N4O.HI/c1-17-16(18-10-5-11-21-4)19-12-14-6-8-15(9-7-14)13-20(2)3;/h6-9H,5,10-13H2,1-4H3,(H2,17,18,19);1H. The molecule has 126 valence electrons. The maximum Gasteiger partial charge on any atom is 0.191 e. The van der Waals surface area contributed by atoms with Gasteiger partial charge in [0.2, 0.25) is 0 Å². The fourth-order valence-electron chi connectivity index (χ4n) is 1.96. The Bertz CT molecular complexity index is 421. The van der Waals surface area contributed by atoms with E-state index in [4.69, 9.17) is 4.74 Å². The third kappa shape index (κ3) is 9.22. The van der Waals surface area contributed by atoms with Crippen LogP contribution in [0, 0.1) is 0 Å². The van der Waals surface area contributed by atoms with Gasteiger partial charge < -0.3 is 20.3 Å². The summed E-state index contributed by atoms with van der Waals surface area (Å²) in [5.74, 6) is 0.823. The van der Waals surface area contributed by atoms with Crippen molar-refractivity contribution in [1.82, 2.24) is 15.5 Å². The van der Waals surface area contributed by atoms with E-state index in [-0.39, 0.29) is 24.0 Å². The second kappa shape index (κ2) is 12.7. The SMILES string of the molecule is CN=C(NCCCOC)NCc1ccc(CN(C)C)cc1.I. The molecule has 0 aliphatic rings. The lowest BCUT2D eigenvalue weighted by Crippen LogP contribution is -2.37. The van der Waals surface area contributed by atoms with Gasteiger partial charge in [-0.1, -0.05) is 24.3 Å². The van der Waals surface area contributed by atoms with Gasteiger partial charge in [0.05, 0.1) is 0 Å². The van der Waals surface area contributed by atoms with Crippen molar-refractivity contribution in [3.05, 3.63) is 35.4 Å². The first-order valence-electron chi connectivity index (χ1n) is 7.31. The van der Waals surface area contributed by atoms with Crippen LogP contribution in [0.3, 0.4) is 0 Å². The van der Waals surface area contributed by atoms with Gasteiger partial charge in [-0.15, -0.1) is 24.0 Å². The van der Waals surface area contributed by atoms with Crippen molar-refractivity contribution in [2.75, 3.05) is 41.4 Å². The van der Waals surface area contributed by atoms with E-state index in [1.807, 2.05) is 0 Å². The lowest BCUT2D eigenvalue weighted by Gasteiger charge is -2.13. The largest absolute Gasteiger partial charge is 0.385 e. The number of halogens is 1. The van der Waals surface area contributed by atoms with Crippen LogP contribution in [0.25, 0.3) is 0 Å². The molecule has 1 rings (SSSR count). The van der Waals surface area contributed by atoms with E-state index >= 15 is 0 Å². The molecule has 0 aliphatic carbocycles. The quantitative estimate of drug-likeness (QED) is 0.293. The molecule has 0 aromatic heterocycles. The highest BCUT2D eigenvalue weighted by Crippen LogP contribution is 2.05. The van der Waals surface area contributed by atoms with Crippen LogP contribution in [-0.2, 0) is 17.8 Å². The molecule has 0 aliphatic heterocycles. The second-order valence-electron chi connectivity index (χ2n) is 5.25. The summed E-state index contributed by atoms with van der Waals surface area (Å²) in [5, 5.41) is 6.57. The van der Waals surface area contributed by atoms with Crippen LogP contribution in [0.2, 0.25) is 0 Å². The van der Waals surface area contributed by atoms with Crippen LogP contribution in [0.1, 0.15) is 17.5 Å². The van der Waals surface area contributed by atoms with E-state index in [1.165, 1.54) is 11.1 Å². The molecule has 1 aromatic carbocycles. The van der Waals surface area contributed by atoms with Crippen LogP contribution in [-0.4, -0.2) is 52.3 Å². The number of hydrogen-bond donors (Lipinski definition) is 2. The Kier molecular flexibility index (Phi) is 12.2. The van der Waals surface area contributed by atoms with Crippen molar-refractivity contribution in [2.45, 2.75) is 19.5 Å². The minimum atomic E-state index is 0.